The molecule has 1 N–H and O–H groups in total. The Kier molecular flexibility index (Phi) is 5.29. The predicted molar refractivity (Wildman–Crippen MR) is 94.8 cm³/mol. The van der Waals surface area contributed by atoms with Gasteiger partial charge < -0.3 is 10.2 Å². The van der Waals surface area contributed by atoms with Crippen LogP contribution in [0.5, 0.6) is 0 Å². The highest BCUT2D eigenvalue weighted by Crippen LogP contribution is 2.18. The highest BCUT2D eigenvalue weighted by Gasteiger charge is 2.32. The first-order valence-electron chi connectivity index (χ1n) is 8.59. The molecule has 2 aliphatic rings. The fraction of sp³-hybridized carbons (Fsp3) is 0.588. The molecule has 0 spiro atoms. The van der Waals surface area contributed by atoms with E-state index < -0.39 is 9.84 Å². The van der Waals surface area contributed by atoms with E-state index in [0.717, 1.165) is 31.9 Å². The molecule has 1 aromatic rings. The van der Waals surface area contributed by atoms with Crippen molar-refractivity contribution in [2.75, 3.05) is 42.6 Å². The van der Waals surface area contributed by atoms with E-state index in [1.807, 2.05) is 6.92 Å². The van der Waals surface area contributed by atoms with Gasteiger partial charge in [-0.25, -0.2) is 12.8 Å². The van der Waals surface area contributed by atoms with E-state index >= 15 is 0 Å². The van der Waals surface area contributed by atoms with Crippen molar-refractivity contribution >= 4 is 21.4 Å². The number of amides is 1. The zero-order chi connectivity index (χ0) is 18.0. The number of anilines is 1. The lowest BCUT2D eigenvalue weighted by molar-refractivity contribution is -0.126. The number of nitrogens with zero attached hydrogens (tertiary/aromatic N) is 2. The molecule has 2 atom stereocenters. The minimum absolute atomic E-state index is 0.0454. The molecule has 0 unspecified atom stereocenters. The maximum absolute atomic E-state index is 13.0. The molecule has 0 saturated carbocycles. The van der Waals surface area contributed by atoms with E-state index in [0.29, 0.717) is 6.42 Å². The van der Waals surface area contributed by atoms with Crippen molar-refractivity contribution in [3.8, 4) is 0 Å². The fourth-order valence-electron chi connectivity index (χ4n) is 3.42. The fourth-order valence-corrected chi connectivity index (χ4v) is 5.09. The average Bonchev–Trinajstić information content (AvgIpc) is 2.93. The lowest BCUT2D eigenvalue weighted by Gasteiger charge is -2.38. The van der Waals surface area contributed by atoms with Crippen LogP contribution in [-0.4, -0.2) is 69.0 Å². The van der Waals surface area contributed by atoms with Crippen LogP contribution < -0.4 is 10.2 Å². The monoisotopic (exact) mass is 369 g/mol. The Hall–Kier alpha value is -1.67. The summed E-state index contributed by atoms with van der Waals surface area (Å²) in [6.45, 7) is 4.85. The zero-order valence-corrected chi connectivity index (χ0v) is 15.1. The lowest BCUT2D eigenvalue weighted by atomic mass is 10.1. The molecular weight excluding hydrogens is 345 g/mol. The van der Waals surface area contributed by atoms with Crippen LogP contribution in [0.1, 0.15) is 13.3 Å². The van der Waals surface area contributed by atoms with Crippen molar-refractivity contribution in [1.29, 1.82) is 0 Å². The number of benzene rings is 1. The number of rotatable bonds is 4. The van der Waals surface area contributed by atoms with E-state index in [9.17, 15) is 17.6 Å². The van der Waals surface area contributed by atoms with Gasteiger partial charge in [0, 0.05) is 37.9 Å². The summed E-state index contributed by atoms with van der Waals surface area (Å²) in [7, 11) is -2.99. The van der Waals surface area contributed by atoms with E-state index in [1.54, 1.807) is 12.1 Å². The van der Waals surface area contributed by atoms with Gasteiger partial charge in [0.05, 0.1) is 17.5 Å². The smallest absolute Gasteiger partial charge is 0.237 e. The van der Waals surface area contributed by atoms with Crippen molar-refractivity contribution in [2.45, 2.75) is 25.4 Å². The maximum Gasteiger partial charge on any atom is 0.237 e. The Morgan fingerprint density at radius 2 is 1.84 bits per heavy atom. The van der Waals surface area contributed by atoms with Crippen LogP contribution in [0.4, 0.5) is 10.1 Å². The number of sulfone groups is 1. The maximum atomic E-state index is 13.0. The Labute approximate surface area is 147 Å². The summed E-state index contributed by atoms with van der Waals surface area (Å²) in [4.78, 5) is 16.7. The van der Waals surface area contributed by atoms with E-state index in [-0.39, 0.29) is 35.3 Å². The number of carbonyl (C=O) groups is 1. The third-order valence-electron chi connectivity index (χ3n) is 5.01. The molecular formula is C17H24FN3O3S. The molecule has 25 heavy (non-hydrogen) atoms. The second-order valence-corrected chi connectivity index (χ2v) is 9.01. The normalized spacial score (nSPS) is 24.9. The largest absolute Gasteiger partial charge is 0.369 e. The van der Waals surface area contributed by atoms with Crippen LogP contribution in [0.15, 0.2) is 24.3 Å². The third-order valence-corrected chi connectivity index (χ3v) is 6.78. The summed E-state index contributed by atoms with van der Waals surface area (Å²) in [5.74, 6) is -0.161. The number of hydrogen-bond donors (Lipinski definition) is 1. The third kappa shape index (κ3) is 4.49. The molecule has 2 saturated heterocycles. The van der Waals surface area contributed by atoms with Crippen molar-refractivity contribution in [1.82, 2.24) is 10.2 Å². The van der Waals surface area contributed by atoms with Crippen LogP contribution >= 0.6 is 0 Å². The quantitative estimate of drug-likeness (QED) is 0.844. The van der Waals surface area contributed by atoms with Crippen molar-refractivity contribution in [2.24, 2.45) is 0 Å². The van der Waals surface area contributed by atoms with Crippen molar-refractivity contribution < 1.29 is 17.6 Å². The summed E-state index contributed by atoms with van der Waals surface area (Å²) < 4.78 is 36.0. The molecule has 3 rings (SSSR count). The van der Waals surface area contributed by atoms with Crippen LogP contribution in [0.2, 0.25) is 0 Å². The van der Waals surface area contributed by atoms with E-state index in [2.05, 4.69) is 15.1 Å². The highest BCUT2D eigenvalue weighted by atomic mass is 32.2. The number of piperazine rings is 1. The molecule has 2 heterocycles. The zero-order valence-electron chi connectivity index (χ0n) is 14.3. The second kappa shape index (κ2) is 7.29. The van der Waals surface area contributed by atoms with Crippen LogP contribution in [0.3, 0.4) is 0 Å². The molecule has 0 aromatic heterocycles. The molecule has 0 radical (unpaired) electrons. The predicted octanol–water partition coefficient (Wildman–Crippen LogP) is 0.639. The molecule has 2 aliphatic heterocycles. The highest BCUT2D eigenvalue weighted by molar-refractivity contribution is 7.91. The number of carbonyl (C=O) groups excluding carboxylic acids is 1. The Balaban J connectivity index is 1.50. The summed E-state index contributed by atoms with van der Waals surface area (Å²) in [5, 5.41) is 2.87. The van der Waals surface area contributed by atoms with Crippen LogP contribution in [0.25, 0.3) is 0 Å². The Morgan fingerprint density at radius 1 is 1.20 bits per heavy atom. The Morgan fingerprint density at radius 3 is 2.40 bits per heavy atom. The topological polar surface area (TPSA) is 69.7 Å². The van der Waals surface area contributed by atoms with Crippen LogP contribution in [-0.2, 0) is 14.6 Å². The minimum atomic E-state index is -2.99. The molecule has 1 amide bonds. The average molecular weight is 369 g/mol. The van der Waals surface area contributed by atoms with Crippen LogP contribution in [0, 0.1) is 5.82 Å². The molecule has 8 heteroatoms. The molecule has 0 bridgehead atoms. The van der Waals surface area contributed by atoms with Gasteiger partial charge in [-0.3, -0.25) is 9.69 Å². The molecule has 138 valence electrons. The first-order chi connectivity index (χ1) is 11.8. The number of nitrogens with one attached hydrogen (secondary N) is 1. The van der Waals surface area contributed by atoms with Gasteiger partial charge in [-0.05, 0) is 37.6 Å². The standard InChI is InChI=1S/C17H24FN3O3S/c1-13(17(22)19-15-6-11-25(23,24)12-15)20-7-9-21(10-8-20)16-4-2-14(18)3-5-16/h2-5,13,15H,6-12H2,1H3,(H,19,22)/t13-,15+/m1/s1. The van der Waals surface area contributed by atoms with Gasteiger partial charge in [-0.2, -0.15) is 0 Å². The van der Waals surface area contributed by atoms with Gasteiger partial charge in [0.2, 0.25) is 5.91 Å². The molecule has 1 aromatic carbocycles. The summed E-state index contributed by atoms with van der Waals surface area (Å²) in [6, 6.07) is 5.88. The first kappa shape index (κ1) is 18.1. The summed E-state index contributed by atoms with van der Waals surface area (Å²) in [6.07, 6.45) is 0.499. The number of hydrogen-bond acceptors (Lipinski definition) is 5. The first-order valence-corrected chi connectivity index (χ1v) is 10.4. The van der Waals surface area contributed by atoms with Crippen molar-refractivity contribution in [3.63, 3.8) is 0 Å². The van der Waals surface area contributed by atoms with Gasteiger partial charge in [0.15, 0.2) is 9.84 Å². The van der Waals surface area contributed by atoms with E-state index in [4.69, 9.17) is 0 Å². The van der Waals surface area contributed by atoms with Gasteiger partial charge in [0.1, 0.15) is 5.82 Å². The molecule has 6 nitrogen and oxygen atoms in total. The van der Waals surface area contributed by atoms with E-state index in [1.165, 1.54) is 12.1 Å². The minimum Gasteiger partial charge on any atom is -0.369 e. The van der Waals surface area contributed by atoms with Gasteiger partial charge in [-0.15, -0.1) is 0 Å². The Bertz CT molecular complexity index is 715. The van der Waals surface area contributed by atoms with Crippen molar-refractivity contribution in [3.05, 3.63) is 30.1 Å². The molecule has 2 fully saturated rings. The van der Waals surface area contributed by atoms with Gasteiger partial charge in [-0.1, -0.05) is 0 Å². The summed E-state index contributed by atoms with van der Waals surface area (Å²) >= 11 is 0. The van der Waals surface area contributed by atoms with Gasteiger partial charge in [0.25, 0.3) is 0 Å². The number of halogens is 1. The van der Waals surface area contributed by atoms with Gasteiger partial charge >= 0.3 is 0 Å². The SMILES string of the molecule is C[C@H](C(=O)N[C@H]1CCS(=O)(=O)C1)N1CCN(c2ccc(F)cc2)CC1. The molecule has 0 aliphatic carbocycles. The second-order valence-electron chi connectivity index (χ2n) is 6.78. The lowest BCUT2D eigenvalue weighted by Crippen LogP contribution is -2.55. The summed E-state index contributed by atoms with van der Waals surface area (Å²) in [5.41, 5.74) is 0.981.